The third-order valence-corrected chi connectivity index (χ3v) is 3.48. The van der Waals surface area contributed by atoms with E-state index in [0.717, 1.165) is 17.7 Å². The fourth-order valence-electron chi connectivity index (χ4n) is 2.28. The molecule has 0 spiro atoms. The molecule has 0 aliphatic rings. The van der Waals surface area contributed by atoms with Crippen molar-refractivity contribution in [2.75, 3.05) is 10.6 Å². The molecule has 0 aromatic heterocycles. The van der Waals surface area contributed by atoms with E-state index >= 15 is 0 Å². The van der Waals surface area contributed by atoms with Crippen LogP contribution in [0.4, 0.5) is 11.4 Å². The number of ether oxygens (including phenoxy) is 1. The van der Waals surface area contributed by atoms with E-state index in [1.54, 1.807) is 31.2 Å². The third-order valence-electron chi connectivity index (χ3n) is 3.48. The summed E-state index contributed by atoms with van der Waals surface area (Å²) in [6, 6.07) is 14.7. The van der Waals surface area contributed by atoms with Crippen LogP contribution >= 0.6 is 0 Å². The Bertz CT molecular complexity index is 728. The Labute approximate surface area is 142 Å². The van der Waals surface area contributed by atoms with Gasteiger partial charge in [0, 0.05) is 18.3 Å². The zero-order valence-corrected chi connectivity index (χ0v) is 14.1. The van der Waals surface area contributed by atoms with Crippen molar-refractivity contribution in [3.63, 3.8) is 0 Å². The lowest BCUT2D eigenvalue weighted by Gasteiger charge is -2.17. The van der Waals surface area contributed by atoms with Gasteiger partial charge in [-0.25, -0.2) is 0 Å². The van der Waals surface area contributed by atoms with Gasteiger partial charge in [-0.2, -0.15) is 0 Å². The van der Waals surface area contributed by atoms with Gasteiger partial charge in [-0.1, -0.05) is 31.2 Å². The average Bonchev–Trinajstić information content (AvgIpc) is 2.55. The molecule has 5 nitrogen and oxygen atoms in total. The SMILES string of the molecule is CCc1ccccc1O[C@H](C)C(=O)Nc1cccc(NC(C)=O)c1. The van der Waals surface area contributed by atoms with Crippen LogP contribution in [0.25, 0.3) is 0 Å². The van der Waals surface area contributed by atoms with E-state index < -0.39 is 6.10 Å². The minimum absolute atomic E-state index is 0.161. The van der Waals surface area contributed by atoms with Crippen LogP contribution in [0.5, 0.6) is 5.75 Å². The fraction of sp³-hybridized carbons (Fsp3) is 0.263. The summed E-state index contributed by atoms with van der Waals surface area (Å²) in [5, 5.41) is 5.48. The average molecular weight is 326 g/mol. The highest BCUT2D eigenvalue weighted by Crippen LogP contribution is 2.20. The number of rotatable bonds is 6. The number of carbonyl (C=O) groups is 2. The molecule has 0 aliphatic carbocycles. The van der Waals surface area contributed by atoms with Crippen LogP contribution in [0.3, 0.4) is 0 Å². The van der Waals surface area contributed by atoms with Crippen LogP contribution in [0.2, 0.25) is 0 Å². The van der Waals surface area contributed by atoms with E-state index in [9.17, 15) is 9.59 Å². The van der Waals surface area contributed by atoms with E-state index in [0.29, 0.717) is 11.4 Å². The molecular formula is C19H22N2O3. The van der Waals surface area contributed by atoms with Crippen LogP contribution in [-0.2, 0) is 16.0 Å². The van der Waals surface area contributed by atoms with E-state index in [1.165, 1.54) is 6.92 Å². The second kappa shape index (κ2) is 8.15. The van der Waals surface area contributed by atoms with E-state index in [2.05, 4.69) is 10.6 Å². The highest BCUT2D eigenvalue weighted by atomic mass is 16.5. The lowest BCUT2D eigenvalue weighted by Crippen LogP contribution is -2.30. The molecule has 0 saturated carbocycles. The van der Waals surface area contributed by atoms with Crippen molar-refractivity contribution in [3.05, 3.63) is 54.1 Å². The summed E-state index contributed by atoms with van der Waals surface area (Å²) in [5.41, 5.74) is 2.29. The second-order valence-corrected chi connectivity index (χ2v) is 5.47. The number of nitrogens with one attached hydrogen (secondary N) is 2. The molecule has 0 bridgehead atoms. The summed E-state index contributed by atoms with van der Waals surface area (Å²) in [7, 11) is 0. The maximum atomic E-state index is 12.3. The first-order valence-electron chi connectivity index (χ1n) is 7.92. The van der Waals surface area contributed by atoms with Gasteiger partial charge in [0.1, 0.15) is 5.75 Å². The molecular weight excluding hydrogens is 304 g/mol. The molecule has 0 radical (unpaired) electrons. The summed E-state index contributed by atoms with van der Waals surface area (Å²) in [5.74, 6) is 0.307. The standard InChI is InChI=1S/C19H22N2O3/c1-4-15-8-5-6-11-18(15)24-13(2)19(23)21-17-10-7-9-16(12-17)20-14(3)22/h5-13H,4H2,1-3H3,(H,20,22)(H,21,23)/t13-/m1/s1. The number of anilines is 2. The van der Waals surface area contributed by atoms with Crippen molar-refractivity contribution in [1.29, 1.82) is 0 Å². The lowest BCUT2D eigenvalue weighted by atomic mass is 10.1. The molecule has 0 aliphatic heterocycles. The Balaban J connectivity index is 2.02. The van der Waals surface area contributed by atoms with Crippen molar-refractivity contribution in [2.45, 2.75) is 33.3 Å². The Morgan fingerprint density at radius 1 is 1.04 bits per heavy atom. The quantitative estimate of drug-likeness (QED) is 0.852. The molecule has 2 rings (SSSR count). The van der Waals surface area contributed by atoms with Gasteiger partial charge in [-0.3, -0.25) is 9.59 Å². The first kappa shape index (κ1) is 17.5. The second-order valence-electron chi connectivity index (χ2n) is 5.47. The molecule has 0 saturated heterocycles. The van der Waals surface area contributed by atoms with Gasteiger partial charge in [0.05, 0.1) is 0 Å². The lowest BCUT2D eigenvalue weighted by molar-refractivity contribution is -0.122. The summed E-state index contributed by atoms with van der Waals surface area (Å²) in [4.78, 5) is 23.4. The van der Waals surface area contributed by atoms with Gasteiger partial charge < -0.3 is 15.4 Å². The maximum Gasteiger partial charge on any atom is 0.265 e. The smallest absolute Gasteiger partial charge is 0.265 e. The Hall–Kier alpha value is -2.82. The minimum atomic E-state index is -0.637. The normalized spacial score (nSPS) is 11.5. The number of para-hydroxylation sites is 1. The predicted octanol–water partition coefficient (Wildman–Crippen LogP) is 3.61. The molecule has 2 aromatic rings. The molecule has 0 unspecified atom stereocenters. The minimum Gasteiger partial charge on any atom is -0.481 e. The zero-order chi connectivity index (χ0) is 17.5. The highest BCUT2D eigenvalue weighted by molar-refractivity contribution is 5.95. The highest BCUT2D eigenvalue weighted by Gasteiger charge is 2.16. The maximum absolute atomic E-state index is 12.3. The van der Waals surface area contributed by atoms with E-state index in [1.807, 2.05) is 31.2 Å². The van der Waals surface area contributed by atoms with Crippen molar-refractivity contribution in [2.24, 2.45) is 0 Å². The van der Waals surface area contributed by atoms with Crippen LogP contribution in [0, 0.1) is 0 Å². The number of hydrogen-bond donors (Lipinski definition) is 2. The molecule has 24 heavy (non-hydrogen) atoms. The van der Waals surface area contributed by atoms with Gasteiger partial charge in [0.25, 0.3) is 5.91 Å². The fourth-order valence-corrected chi connectivity index (χ4v) is 2.28. The number of amides is 2. The molecule has 0 heterocycles. The largest absolute Gasteiger partial charge is 0.481 e. The Morgan fingerprint density at radius 2 is 1.71 bits per heavy atom. The van der Waals surface area contributed by atoms with E-state index in [-0.39, 0.29) is 11.8 Å². The topological polar surface area (TPSA) is 67.4 Å². The van der Waals surface area contributed by atoms with Crippen molar-refractivity contribution >= 4 is 23.2 Å². The van der Waals surface area contributed by atoms with Gasteiger partial charge >= 0.3 is 0 Å². The zero-order valence-electron chi connectivity index (χ0n) is 14.1. The molecule has 5 heteroatoms. The van der Waals surface area contributed by atoms with Gasteiger partial charge in [0.15, 0.2) is 6.10 Å². The van der Waals surface area contributed by atoms with Crippen LogP contribution < -0.4 is 15.4 Å². The summed E-state index contributed by atoms with van der Waals surface area (Å²) in [6.45, 7) is 5.19. The monoisotopic (exact) mass is 326 g/mol. The van der Waals surface area contributed by atoms with Crippen LogP contribution in [0.1, 0.15) is 26.3 Å². The van der Waals surface area contributed by atoms with Crippen molar-refractivity contribution in [3.8, 4) is 5.75 Å². The number of aryl methyl sites for hydroxylation is 1. The van der Waals surface area contributed by atoms with Gasteiger partial charge in [0.2, 0.25) is 5.91 Å². The predicted molar refractivity (Wildman–Crippen MR) is 95.3 cm³/mol. The summed E-state index contributed by atoms with van der Waals surface area (Å²) >= 11 is 0. The van der Waals surface area contributed by atoms with Crippen LogP contribution in [0.15, 0.2) is 48.5 Å². The summed E-state index contributed by atoms with van der Waals surface area (Å²) < 4.78 is 5.78. The third kappa shape index (κ3) is 4.84. The summed E-state index contributed by atoms with van der Waals surface area (Å²) in [6.07, 6.45) is 0.200. The number of benzene rings is 2. The number of carbonyl (C=O) groups excluding carboxylic acids is 2. The molecule has 126 valence electrons. The molecule has 1 atom stereocenters. The molecule has 2 amide bonds. The number of hydrogen-bond acceptors (Lipinski definition) is 3. The molecule has 2 N–H and O–H groups in total. The van der Waals surface area contributed by atoms with Crippen LogP contribution in [-0.4, -0.2) is 17.9 Å². The van der Waals surface area contributed by atoms with Crippen molar-refractivity contribution in [1.82, 2.24) is 0 Å². The first-order chi connectivity index (χ1) is 11.5. The first-order valence-corrected chi connectivity index (χ1v) is 7.92. The molecule has 2 aromatic carbocycles. The van der Waals surface area contributed by atoms with E-state index in [4.69, 9.17) is 4.74 Å². The van der Waals surface area contributed by atoms with Gasteiger partial charge in [-0.15, -0.1) is 0 Å². The van der Waals surface area contributed by atoms with Crippen molar-refractivity contribution < 1.29 is 14.3 Å². The Morgan fingerprint density at radius 3 is 2.38 bits per heavy atom. The Kier molecular flexibility index (Phi) is 5.95. The van der Waals surface area contributed by atoms with Gasteiger partial charge in [-0.05, 0) is 43.2 Å². The molecule has 0 fully saturated rings.